The van der Waals surface area contributed by atoms with Crippen molar-refractivity contribution < 1.29 is 50.3 Å². The second kappa shape index (κ2) is 9.69. The van der Waals surface area contributed by atoms with Crippen LogP contribution in [0.25, 0.3) is 0 Å². The molecule has 156 valence electrons. The Bertz CT molecular complexity index is 412. The molecule has 0 aliphatic carbocycles. The molecule has 0 radical (unpaired) electrons. The van der Waals surface area contributed by atoms with E-state index in [4.69, 9.17) is 9.47 Å². The molecule has 0 aromatic carbocycles. The predicted octanol–water partition coefficient (Wildman–Crippen LogP) is -3.32. The summed E-state index contributed by atoms with van der Waals surface area (Å²) in [4.78, 5) is 0. The average Bonchev–Trinajstić information content (AvgIpc) is 2.56. The lowest BCUT2D eigenvalue weighted by Crippen LogP contribution is -2.61. The average molecular weight is 384 g/mol. The molecule has 1 fully saturated rings. The van der Waals surface area contributed by atoms with Crippen LogP contribution in [0.1, 0.15) is 27.2 Å². The lowest BCUT2D eigenvalue weighted by Gasteiger charge is -2.42. The van der Waals surface area contributed by atoms with E-state index >= 15 is 0 Å². The van der Waals surface area contributed by atoms with E-state index in [1.54, 1.807) is 0 Å². The van der Waals surface area contributed by atoms with Gasteiger partial charge in [-0.25, -0.2) is 0 Å². The molecule has 26 heavy (non-hydrogen) atoms. The molecule has 0 saturated carbocycles. The molecule has 1 aliphatic heterocycles. The van der Waals surface area contributed by atoms with Gasteiger partial charge in [0, 0.05) is 0 Å². The van der Waals surface area contributed by atoms with Crippen LogP contribution in [0.2, 0.25) is 0 Å². The summed E-state index contributed by atoms with van der Waals surface area (Å²) in [5.41, 5.74) is -0.349. The van der Waals surface area contributed by atoms with Crippen molar-refractivity contribution in [2.75, 3.05) is 13.2 Å². The third-order valence-corrected chi connectivity index (χ3v) is 4.26. The zero-order chi connectivity index (χ0) is 20.2. The van der Waals surface area contributed by atoms with Crippen LogP contribution in [-0.4, -0.2) is 109 Å². The first-order valence-corrected chi connectivity index (χ1v) is 8.54. The van der Waals surface area contributed by atoms with Gasteiger partial charge < -0.3 is 50.3 Å². The Labute approximate surface area is 152 Å². The van der Waals surface area contributed by atoms with Gasteiger partial charge in [0.1, 0.15) is 42.7 Å². The molecule has 0 bridgehead atoms. The smallest absolute Gasteiger partial charge is 0.187 e. The van der Waals surface area contributed by atoms with Crippen LogP contribution < -0.4 is 0 Å². The van der Waals surface area contributed by atoms with Crippen molar-refractivity contribution in [1.82, 2.24) is 0 Å². The van der Waals surface area contributed by atoms with E-state index in [-0.39, 0.29) is 11.8 Å². The van der Waals surface area contributed by atoms with Crippen LogP contribution in [0.3, 0.4) is 0 Å². The second-order valence-corrected chi connectivity index (χ2v) is 7.87. The lowest BCUT2D eigenvalue weighted by molar-refractivity contribution is -0.327. The molecule has 1 saturated heterocycles. The fourth-order valence-corrected chi connectivity index (χ4v) is 2.80. The molecular formula is C16H32O10. The molecule has 10 heteroatoms. The van der Waals surface area contributed by atoms with Crippen molar-refractivity contribution in [3.8, 4) is 0 Å². The monoisotopic (exact) mass is 384 g/mol. The van der Waals surface area contributed by atoms with Gasteiger partial charge in [0.15, 0.2) is 6.29 Å². The third-order valence-electron chi connectivity index (χ3n) is 4.26. The number of rotatable bonds is 8. The Hall–Kier alpha value is -0.400. The largest absolute Gasteiger partial charge is 0.394 e. The molecule has 9 atom stereocenters. The summed E-state index contributed by atoms with van der Waals surface area (Å²) >= 11 is 0. The summed E-state index contributed by atoms with van der Waals surface area (Å²) in [7, 11) is 0. The van der Waals surface area contributed by atoms with Crippen molar-refractivity contribution in [3.05, 3.63) is 0 Å². The lowest BCUT2D eigenvalue weighted by atomic mass is 9.86. The van der Waals surface area contributed by atoms with Gasteiger partial charge in [0.05, 0.1) is 19.3 Å². The van der Waals surface area contributed by atoms with Crippen LogP contribution in [0.4, 0.5) is 0 Å². The van der Waals surface area contributed by atoms with Gasteiger partial charge in [-0.3, -0.25) is 0 Å². The van der Waals surface area contributed by atoms with Crippen LogP contribution >= 0.6 is 0 Å². The molecule has 1 heterocycles. The Morgan fingerprint density at radius 3 is 1.96 bits per heavy atom. The first-order valence-electron chi connectivity index (χ1n) is 8.54. The van der Waals surface area contributed by atoms with E-state index in [2.05, 4.69) is 0 Å². The molecule has 1 rings (SSSR count). The van der Waals surface area contributed by atoms with Gasteiger partial charge in [0.25, 0.3) is 0 Å². The van der Waals surface area contributed by atoms with Gasteiger partial charge in [0.2, 0.25) is 0 Å². The van der Waals surface area contributed by atoms with Crippen LogP contribution in [0, 0.1) is 5.41 Å². The van der Waals surface area contributed by atoms with E-state index in [9.17, 15) is 40.9 Å². The van der Waals surface area contributed by atoms with Gasteiger partial charge >= 0.3 is 0 Å². The number of hydrogen-bond acceptors (Lipinski definition) is 10. The molecule has 0 spiro atoms. The SMILES string of the molecule is CC(C)(C)CC(O)C(O)C(O[C@@H]1OC(CO)[C@@H](O)C(O)[C@@H]1O)C(O)CO. The fourth-order valence-electron chi connectivity index (χ4n) is 2.80. The molecule has 8 N–H and O–H groups in total. The van der Waals surface area contributed by atoms with Crippen LogP contribution in [0.15, 0.2) is 0 Å². The Balaban J connectivity index is 2.93. The van der Waals surface area contributed by atoms with Gasteiger partial charge in [-0.2, -0.15) is 0 Å². The summed E-state index contributed by atoms with van der Waals surface area (Å²) in [5.74, 6) is 0. The number of aliphatic hydroxyl groups is 8. The van der Waals surface area contributed by atoms with Crippen molar-refractivity contribution >= 4 is 0 Å². The highest BCUT2D eigenvalue weighted by Gasteiger charge is 2.46. The number of aliphatic hydroxyl groups excluding tert-OH is 8. The van der Waals surface area contributed by atoms with Gasteiger partial charge in [-0.15, -0.1) is 0 Å². The first-order chi connectivity index (χ1) is 11.9. The van der Waals surface area contributed by atoms with E-state index in [1.165, 1.54) is 0 Å². The van der Waals surface area contributed by atoms with E-state index < -0.39 is 68.3 Å². The van der Waals surface area contributed by atoms with Crippen LogP contribution in [-0.2, 0) is 9.47 Å². The van der Waals surface area contributed by atoms with Crippen molar-refractivity contribution in [1.29, 1.82) is 0 Å². The number of hydrogen-bond donors (Lipinski definition) is 8. The minimum absolute atomic E-state index is 0.154. The second-order valence-electron chi connectivity index (χ2n) is 7.87. The summed E-state index contributed by atoms with van der Waals surface area (Å²) in [6.45, 7) is 4.02. The molecule has 1 aliphatic rings. The highest BCUT2D eigenvalue weighted by molar-refractivity contribution is 4.91. The van der Waals surface area contributed by atoms with E-state index in [1.807, 2.05) is 20.8 Å². The molecule has 0 aromatic heterocycles. The normalized spacial score (nSPS) is 35.0. The van der Waals surface area contributed by atoms with Crippen LogP contribution in [0.5, 0.6) is 0 Å². The minimum Gasteiger partial charge on any atom is -0.394 e. The molecule has 0 amide bonds. The van der Waals surface area contributed by atoms with Gasteiger partial charge in [-0.1, -0.05) is 20.8 Å². The maximum Gasteiger partial charge on any atom is 0.187 e. The maximum absolute atomic E-state index is 10.4. The quantitative estimate of drug-likeness (QED) is 0.211. The zero-order valence-electron chi connectivity index (χ0n) is 15.2. The Morgan fingerprint density at radius 1 is 0.923 bits per heavy atom. The predicted molar refractivity (Wildman–Crippen MR) is 87.8 cm³/mol. The molecule has 6 unspecified atom stereocenters. The fraction of sp³-hybridized carbons (Fsp3) is 1.00. The standard InChI is InChI=1S/C16H32O10/c1-16(2,3)4-7(19)10(21)14(8(20)5-17)26-15-13(24)12(23)11(22)9(6-18)25-15/h7-15,17-24H,4-6H2,1-3H3/t7?,8?,9?,10?,11-,12?,13+,14?,15+/m1/s1. The Kier molecular flexibility index (Phi) is 8.81. The van der Waals surface area contributed by atoms with E-state index in [0.717, 1.165) is 0 Å². The summed E-state index contributed by atoms with van der Waals surface area (Å²) < 4.78 is 10.5. The molecule has 10 nitrogen and oxygen atoms in total. The Morgan fingerprint density at radius 2 is 1.50 bits per heavy atom. The maximum atomic E-state index is 10.4. The molecule has 0 aromatic rings. The van der Waals surface area contributed by atoms with Crippen molar-refractivity contribution in [3.63, 3.8) is 0 Å². The highest BCUT2D eigenvalue weighted by atomic mass is 16.7. The third kappa shape index (κ3) is 6.06. The summed E-state index contributed by atoms with van der Waals surface area (Å²) in [6.07, 6.45) is -13.9. The highest BCUT2D eigenvalue weighted by Crippen LogP contribution is 2.27. The molecular weight excluding hydrogens is 352 g/mol. The first kappa shape index (κ1) is 23.6. The van der Waals surface area contributed by atoms with Crippen molar-refractivity contribution in [2.24, 2.45) is 5.41 Å². The van der Waals surface area contributed by atoms with E-state index in [0.29, 0.717) is 0 Å². The number of ether oxygens (including phenoxy) is 2. The summed E-state index contributed by atoms with van der Waals surface area (Å²) in [6, 6.07) is 0. The zero-order valence-corrected chi connectivity index (χ0v) is 15.2. The van der Waals surface area contributed by atoms with Gasteiger partial charge in [-0.05, 0) is 11.8 Å². The topological polar surface area (TPSA) is 180 Å². The minimum atomic E-state index is -1.74. The van der Waals surface area contributed by atoms with Crippen molar-refractivity contribution in [2.45, 2.75) is 82.3 Å². The summed E-state index contributed by atoms with van der Waals surface area (Å²) in [5, 5.41) is 78.4.